The molecule has 0 saturated carbocycles. The van der Waals surface area contributed by atoms with Crippen molar-refractivity contribution in [2.75, 3.05) is 25.7 Å². The number of ether oxygens (including phenoxy) is 2. The average Bonchev–Trinajstić information content (AvgIpc) is 3.59. The number of fused-ring (bicyclic) bond motifs is 1. The second-order valence-electron chi connectivity index (χ2n) is 8.49. The van der Waals surface area contributed by atoms with E-state index in [4.69, 9.17) is 23.2 Å². The Hall–Kier alpha value is -4.47. The Labute approximate surface area is 230 Å². The van der Waals surface area contributed by atoms with Crippen molar-refractivity contribution >= 4 is 34.0 Å². The molecule has 208 valence electrons. The second kappa shape index (κ2) is 11.7. The van der Waals surface area contributed by atoms with Crippen LogP contribution in [0.2, 0.25) is 0 Å². The van der Waals surface area contributed by atoms with Crippen molar-refractivity contribution in [2.24, 2.45) is 7.05 Å². The fourth-order valence-corrected chi connectivity index (χ4v) is 4.30. The van der Waals surface area contributed by atoms with Gasteiger partial charge >= 0.3 is 11.4 Å². The smallest absolute Gasteiger partial charge is 0.301 e. The molecule has 0 bridgehead atoms. The molecule has 0 aliphatic heterocycles. The first-order chi connectivity index (χ1) is 19.4. The number of anilines is 2. The Morgan fingerprint density at radius 1 is 1.12 bits per heavy atom. The van der Waals surface area contributed by atoms with Crippen molar-refractivity contribution in [3.63, 3.8) is 0 Å². The average molecular weight is 569 g/mol. The van der Waals surface area contributed by atoms with Gasteiger partial charge in [-0.3, -0.25) is 18.4 Å². The van der Waals surface area contributed by atoms with Gasteiger partial charge in [0.25, 0.3) is 0 Å². The van der Waals surface area contributed by atoms with Crippen LogP contribution in [0, 0.1) is 5.82 Å². The van der Waals surface area contributed by atoms with E-state index >= 15 is 4.39 Å². The van der Waals surface area contributed by atoms with Gasteiger partial charge in [0.2, 0.25) is 0 Å². The number of halogens is 1. The fraction of sp³-hybridized carbons (Fsp3) is 0.240. The van der Waals surface area contributed by atoms with Gasteiger partial charge in [-0.25, -0.2) is 19.3 Å². The summed E-state index contributed by atoms with van der Waals surface area (Å²) >= 11 is -2.39. The van der Waals surface area contributed by atoms with Crippen LogP contribution in [-0.4, -0.2) is 63.9 Å². The molecule has 1 N–H and O–H groups in total. The topological polar surface area (TPSA) is 143 Å². The molecule has 5 rings (SSSR count). The van der Waals surface area contributed by atoms with Crippen molar-refractivity contribution in [1.82, 2.24) is 34.3 Å². The van der Waals surface area contributed by atoms with E-state index in [1.165, 1.54) is 26.4 Å². The first-order valence-electron chi connectivity index (χ1n) is 11.9. The number of imidazole rings is 1. The van der Waals surface area contributed by atoms with Crippen LogP contribution in [0.5, 0.6) is 11.5 Å². The summed E-state index contributed by atoms with van der Waals surface area (Å²) in [4.78, 5) is 19.9. The van der Waals surface area contributed by atoms with E-state index in [0.717, 1.165) is 5.56 Å². The monoisotopic (exact) mass is 568 g/mol. The van der Waals surface area contributed by atoms with Gasteiger partial charge < -0.3 is 18.9 Å². The summed E-state index contributed by atoms with van der Waals surface area (Å²) in [6, 6.07) is 6.44. The van der Waals surface area contributed by atoms with Crippen LogP contribution < -0.4 is 14.4 Å². The zero-order valence-corrected chi connectivity index (χ0v) is 22.6. The van der Waals surface area contributed by atoms with E-state index in [1.54, 1.807) is 51.1 Å². The van der Waals surface area contributed by atoms with Gasteiger partial charge in [0.05, 0.1) is 51.1 Å². The molecule has 1 atom stereocenters. The van der Waals surface area contributed by atoms with E-state index < -0.39 is 17.2 Å². The molecule has 40 heavy (non-hydrogen) atoms. The highest BCUT2D eigenvalue weighted by Crippen LogP contribution is 2.37. The summed E-state index contributed by atoms with van der Waals surface area (Å²) < 4.78 is 54.4. The van der Waals surface area contributed by atoms with E-state index in [1.807, 2.05) is 13.2 Å². The zero-order chi connectivity index (χ0) is 28.2. The maximum absolute atomic E-state index is 15.8. The van der Waals surface area contributed by atoms with E-state index in [2.05, 4.69) is 20.1 Å². The largest absolute Gasteiger partial charge is 0.497 e. The number of methoxy groups -OCH3 is 2. The summed E-state index contributed by atoms with van der Waals surface area (Å²) in [5.41, 5.74) is 2.39. The van der Waals surface area contributed by atoms with Crippen LogP contribution >= 0.6 is 0 Å². The van der Waals surface area contributed by atoms with Crippen molar-refractivity contribution < 1.29 is 26.8 Å². The lowest BCUT2D eigenvalue weighted by Gasteiger charge is -2.25. The zero-order valence-electron chi connectivity index (χ0n) is 21.8. The first-order valence-corrected chi connectivity index (χ1v) is 13.0. The molecule has 0 aliphatic carbocycles. The third kappa shape index (κ3) is 5.75. The normalized spacial score (nSPS) is 12.0. The van der Waals surface area contributed by atoms with Crippen molar-refractivity contribution in [3.8, 4) is 22.8 Å². The van der Waals surface area contributed by atoms with Gasteiger partial charge in [-0.2, -0.15) is 9.31 Å². The number of benzene rings is 1. The summed E-state index contributed by atoms with van der Waals surface area (Å²) in [5.74, 6) is 0.616. The maximum atomic E-state index is 15.8. The number of pyridine rings is 1. The minimum atomic E-state index is -2.39. The number of hydrogen-bond donors (Lipinski definition) is 1. The van der Waals surface area contributed by atoms with Crippen molar-refractivity contribution in [1.29, 1.82) is 0 Å². The Kier molecular flexibility index (Phi) is 7.95. The van der Waals surface area contributed by atoms with E-state index in [9.17, 15) is 4.21 Å². The molecule has 0 saturated heterocycles. The Morgan fingerprint density at radius 3 is 2.70 bits per heavy atom. The van der Waals surface area contributed by atoms with Crippen LogP contribution in [-0.2, 0) is 35.7 Å². The first kappa shape index (κ1) is 27.1. The molecular weight excluding hydrogens is 543 g/mol. The molecule has 4 aromatic heterocycles. The van der Waals surface area contributed by atoms with Gasteiger partial charge in [-0.1, -0.05) is 0 Å². The summed E-state index contributed by atoms with van der Waals surface area (Å²) in [5, 5.41) is 4.19. The molecule has 0 aliphatic rings. The highest BCUT2D eigenvalue weighted by molar-refractivity contribution is 7.74. The van der Waals surface area contributed by atoms with Crippen LogP contribution in [0.4, 0.5) is 15.9 Å². The van der Waals surface area contributed by atoms with Crippen LogP contribution in [0.15, 0.2) is 55.2 Å². The lowest BCUT2D eigenvalue weighted by Crippen LogP contribution is -2.23. The number of nitrogens with zero attached hydrogens (tertiary/aromatic N) is 8. The highest BCUT2D eigenvalue weighted by Gasteiger charge is 2.23. The lowest BCUT2D eigenvalue weighted by atomic mass is 10.2. The molecule has 0 amide bonds. The standard InChI is InChI=1S/C25H25FN8O5S/c1-32-14-16(12-29-32)19-13-28-18-4-5-22(31-25(18)30-19)34(20-10-17(37-2)11-21(38-3)24(20)26)15-23-27-6-7-33(23)8-9-39-40(35)36/h4-7,10-14H,8-9,15H2,1-3H3,(H,35,36). The van der Waals surface area contributed by atoms with Crippen LogP contribution in [0.1, 0.15) is 5.82 Å². The fourth-order valence-electron chi connectivity index (χ4n) is 4.09. The quantitative estimate of drug-likeness (QED) is 0.235. The van der Waals surface area contributed by atoms with Crippen LogP contribution in [0.25, 0.3) is 22.4 Å². The predicted molar refractivity (Wildman–Crippen MR) is 144 cm³/mol. The summed E-state index contributed by atoms with van der Waals surface area (Å²) in [6.07, 6.45) is 8.41. The minimum Gasteiger partial charge on any atom is -0.497 e. The molecule has 1 unspecified atom stereocenters. The number of aryl methyl sites for hydroxylation is 1. The Balaban J connectivity index is 1.60. The number of aromatic nitrogens is 7. The SMILES string of the molecule is COc1cc(OC)c(F)c(N(Cc2nccn2CCOS(=O)O)c2ccc3ncc(-c4cnn(C)c4)nc3n2)c1. The van der Waals surface area contributed by atoms with Gasteiger partial charge in [-0.05, 0) is 12.1 Å². The van der Waals surface area contributed by atoms with Gasteiger partial charge in [0.1, 0.15) is 22.9 Å². The van der Waals surface area contributed by atoms with Crippen LogP contribution in [0.3, 0.4) is 0 Å². The number of rotatable bonds is 11. The van der Waals surface area contributed by atoms with Gasteiger partial charge in [0.15, 0.2) is 17.2 Å². The third-order valence-corrected chi connectivity index (χ3v) is 6.40. The molecule has 0 spiro atoms. The summed E-state index contributed by atoms with van der Waals surface area (Å²) in [7, 11) is 4.65. The molecule has 1 aromatic carbocycles. The van der Waals surface area contributed by atoms with Crippen molar-refractivity contribution in [3.05, 3.63) is 66.9 Å². The molecule has 5 aromatic rings. The van der Waals surface area contributed by atoms with E-state index in [-0.39, 0.29) is 31.1 Å². The molecule has 0 radical (unpaired) electrons. The lowest BCUT2D eigenvalue weighted by molar-refractivity contribution is 0.289. The molecule has 0 fully saturated rings. The second-order valence-corrected chi connectivity index (χ2v) is 9.16. The summed E-state index contributed by atoms with van der Waals surface area (Å²) in [6.45, 7) is 0.274. The maximum Gasteiger partial charge on any atom is 0.301 e. The molecule has 13 nitrogen and oxygen atoms in total. The van der Waals surface area contributed by atoms with Gasteiger partial charge in [-0.15, -0.1) is 0 Å². The molecular formula is C25H25FN8O5S. The highest BCUT2D eigenvalue weighted by atomic mass is 32.2. The minimum absolute atomic E-state index is 0.0130. The molecule has 15 heteroatoms. The van der Waals surface area contributed by atoms with Gasteiger partial charge in [0, 0.05) is 49.9 Å². The number of hydrogen-bond acceptors (Lipinski definition) is 10. The Morgan fingerprint density at radius 2 is 1.98 bits per heavy atom. The van der Waals surface area contributed by atoms with Crippen molar-refractivity contribution in [2.45, 2.75) is 13.1 Å². The Bertz CT molecular complexity index is 1680. The van der Waals surface area contributed by atoms with E-state index in [0.29, 0.717) is 34.2 Å². The predicted octanol–water partition coefficient (Wildman–Crippen LogP) is 3.27. The third-order valence-electron chi connectivity index (χ3n) is 6.03. The molecule has 4 heterocycles.